The molecule has 0 saturated carbocycles. The van der Waals surface area contributed by atoms with Crippen LogP contribution in [0.5, 0.6) is 0 Å². The van der Waals surface area contributed by atoms with Crippen LogP contribution in [-0.2, 0) is 0 Å². The minimum atomic E-state index is -0.346. The predicted molar refractivity (Wildman–Crippen MR) is 231 cm³/mol. The maximum absolute atomic E-state index is 6.59. The van der Waals surface area contributed by atoms with Gasteiger partial charge in [-0.3, -0.25) is 0 Å². The standard InChI is InChI=1S/C51H34N4O/c1-5-15-33(16-6-1)38-29-42(34-17-7-2-8-18-34)48-41-23-13-14-24-44(41)55(45(48)30-38)39-26-28-46-43(32-39)40-27-25-37(31-47(40)56-46)51-53-49(35-19-9-3-10-20-35)52-50(54-51)36-21-11-4-12-22-36/h1-32,51H,(H,52,53,54). The third-order valence-electron chi connectivity index (χ3n) is 10.8. The summed E-state index contributed by atoms with van der Waals surface area (Å²) in [6.45, 7) is 0. The lowest BCUT2D eigenvalue weighted by Crippen LogP contribution is -2.33. The highest BCUT2D eigenvalue weighted by atomic mass is 16.3. The molecular weight excluding hydrogens is 685 g/mol. The van der Waals surface area contributed by atoms with Gasteiger partial charge in [-0.15, -0.1) is 0 Å². The lowest BCUT2D eigenvalue weighted by atomic mass is 9.94. The monoisotopic (exact) mass is 718 g/mol. The number of hydrogen-bond donors (Lipinski definition) is 1. The number of aromatic nitrogens is 1. The molecule has 0 amide bonds. The molecule has 5 nitrogen and oxygen atoms in total. The number of furan rings is 1. The molecule has 0 spiro atoms. The first-order valence-electron chi connectivity index (χ1n) is 18.9. The van der Waals surface area contributed by atoms with E-state index in [1.54, 1.807) is 0 Å². The molecule has 56 heavy (non-hydrogen) atoms. The van der Waals surface area contributed by atoms with Gasteiger partial charge in [0, 0.05) is 43.9 Å². The first kappa shape index (κ1) is 32.0. The molecule has 1 unspecified atom stereocenters. The average molecular weight is 719 g/mol. The molecule has 264 valence electrons. The molecular formula is C51H34N4O. The van der Waals surface area contributed by atoms with Gasteiger partial charge < -0.3 is 14.3 Å². The molecule has 0 radical (unpaired) electrons. The van der Waals surface area contributed by atoms with E-state index in [0.717, 1.165) is 61.2 Å². The van der Waals surface area contributed by atoms with Crippen LogP contribution in [0, 0.1) is 0 Å². The average Bonchev–Trinajstić information content (AvgIpc) is 3.82. The molecule has 0 bridgehead atoms. The van der Waals surface area contributed by atoms with Crippen molar-refractivity contribution < 1.29 is 4.42 Å². The smallest absolute Gasteiger partial charge is 0.159 e. The number of rotatable bonds is 6. The molecule has 11 rings (SSSR count). The number of aliphatic imine (C=N–C) groups is 2. The number of hydrogen-bond acceptors (Lipinski definition) is 4. The number of amidine groups is 2. The van der Waals surface area contributed by atoms with Crippen LogP contribution in [-0.4, -0.2) is 16.2 Å². The van der Waals surface area contributed by atoms with E-state index in [2.05, 4.69) is 168 Å². The summed E-state index contributed by atoms with van der Waals surface area (Å²) in [5, 5.41) is 8.17. The van der Waals surface area contributed by atoms with Crippen LogP contribution < -0.4 is 5.32 Å². The van der Waals surface area contributed by atoms with Crippen LogP contribution in [0.2, 0.25) is 0 Å². The quantitative estimate of drug-likeness (QED) is 0.186. The number of nitrogens with zero attached hydrogens (tertiary/aromatic N) is 3. The molecule has 0 saturated heterocycles. The van der Waals surface area contributed by atoms with Crippen molar-refractivity contribution in [3.05, 3.63) is 211 Å². The summed E-state index contributed by atoms with van der Waals surface area (Å²) < 4.78 is 9.00. The van der Waals surface area contributed by atoms with Crippen molar-refractivity contribution >= 4 is 55.4 Å². The van der Waals surface area contributed by atoms with E-state index in [-0.39, 0.29) is 6.17 Å². The SMILES string of the molecule is c1ccc(C2=NC(c3ccc4c(c3)oc3ccc(-n5c6ccccc6c6c(-c7ccccc7)cc(-c7ccccc7)cc65)cc34)NC(c3ccccc3)=N2)cc1. The van der Waals surface area contributed by atoms with Gasteiger partial charge in [0.25, 0.3) is 0 Å². The number of nitrogens with one attached hydrogen (secondary N) is 1. The predicted octanol–water partition coefficient (Wildman–Crippen LogP) is 12.5. The Morgan fingerprint density at radius 3 is 1.88 bits per heavy atom. The van der Waals surface area contributed by atoms with Gasteiger partial charge in [-0.1, -0.05) is 152 Å². The summed E-state index contributed by atoms with van der Waals surface area (Å²) in [5.74, 6) is 1.48. The Morgan fingerprint density at radius 2 is 1.12 bits per heavy atom. The summed E-state index contributed by atoms with van der Waals surface area (Å²) in [4.78, 5) is 10.0. The van der Waals surface area contributed by atoms with Crippen molar-refractivity contribution in [2.45, 2.75) is 6.17 Å². The topological polar surface area (TPSA) is 54.8 Å². The van der Waals surface area contributed by atoms with Crippen molar-refractivity contribution in [3.8, 4) is 27.9 Å². The van der Waals surface area contributed by atoms with Crippen LogP contribution in [0.3, 0.4) is 0 Å². The molecule has 1 aliphatic rings. The van der Waals surface area contributed by atoms with Crippen LogP contribution in [0.4, 0.5) is 0 Å². The van der Waals surface area contributed by atoms with E-state index in [9.17, 15) is 0 Å². The third-order valence-corrected chi connectivity index (χ3v) is 10.8. The van der Waals surface area contributed by atoms with E-state index < -0.39 is 0 Å². The maximum Gasteiger partial charge on any atom is 0.159 e. The van der Waals surface area contributed by atoms with Gasteiger partial charge in [-0.05, 0) is 64.7 Å². The Labute approximate surface area is 323 Å². The zero-order chi connectivity index (χ0) is 37.0. The Balaban J connectivity index is 1.06. The van der Waals surface area contributed by atoms with Gasteiger partial charge in [0.05, 0.1) is 11.0 Å². The zero-order valence-corrected chi connectivity index (χ0v) is 30.3. The van der Waals surface area contributed by atoms with Gasteiger partial charge in [-0.25, -0.2) is 9.98 Å². The van der Waals surface area contributed by atoms with E-state index in [0.29, 0.717) is 5.84 Å². The molecule has 8 aromatic carbocycles. The van der Waals surface area contributed by atoms with Crippen molar-refractivity contribution in [1.29, 1.82) is 0 Å². The second-order valence-electron chi connectivity index (χ2n) is 14.2. The lowest BCUT2D eigenvalue weighted by molar-refractivity contribution is 0.655. The van der Waals surface area contributed by atoms with Crippen LogP contribution in [0.1, 0.15) is 22.9 Å². The Hall–Kier alpha value is -7.50. The first-order chi connectivity index (χ1) is 27.7. The summed E-state index contributed by atoms with van der Waals surface area (Å²) in [6, 6.07) is 68.2. The van der Waals surface area contributed by atoms with E-state index >= 15 is 0 Å². The summed E-state index contributed by atoms with van der Waals surface area (Å²) >= 11 is 0. The molecule has 2 aromatic heterocycles. The van der Waals surface area contributed by atoms with Crippen molar-refractivity contribution in [3.63, 3.8) is 0 Å². The fourth-order valence-electron chi connectivity index (χ4n) is 8.19. The van der Waals surface area contributed by atoms with Crippen LogP contribution in [0.25, 0.3) is 71.7 Å². The third kappa shape index (κ3) is 5.40. The first-order valence-corrected chi connectivity index (χ1v) is 18.9. The minimum Gasteiger partial charge on any atom is -0.456 e. The maximum atomic E-state index is 6.59. The molecule has 1 atom stereocenters. The Bertz CT molecular complexity index is 3140. The highest BCUT2D eigenvalue weighted by Crippen LogP contribution is 2.42. The molecule has 10 aromatic rings. The van der Waals surface area contributed by atoms with Crippen LogP contribution >= 0.6 is 0 Å². The Kier molecular flexibility index (Phi) is 7.49. The normalized spacial score (nSPS) is 14.2. The van der Waals surface area contributed by atoms with E-state index in [1.807, 2.05) is 36.4 Å². The van der Waals surface area contributed by atoms with Gasteiger partial charge in [0.15, 0.2) is 5.84 Å². The summed E-state index contributed by atoms with van der Waals surface area (Å²) in [5.41, 5.74) is 12.8. The largest absolute Gasteiger partial charge is 0.456 e. The van der Waals surface area contributed by atoms with E-state index in [1.165, 1.54) is 33.0 Å². The highest BCUT2D eigenvalue weighted by Gasteiger charge is 2.23. The van der Waals surface area contributed by atoms with Crippen molar-refractivity contribution in [2.24, 2.45) is 9.98 Å². The van der Waals surface area contributed by atoms with Crippen LogP contribution in [0.15, 0.2) is 209 Å². The second kappa shape index (κ2) is 13.1. The molecule has 5 heteroatoms. The van der Waals surface area contributed by atoms with E-state index in [4.69, 9.17) is 14.4 Å². The second-order valence-corrected chi connectivity index (χ2v) is 14.2. The molecule has 0 aliphatic carbocycles. The van der Waals surface area contributed by atoms with Gasteiger partial charge in [0.2, 0.25) is 0 Å². The zero-order valence-electron chi connectivity index (χ0n) is 30.3. The Morgan fingerprint density at radius 1 is 0.464 bits per heavy atom. The fourth-order valence-corrected chi connectivity index (χ4v) is 8.19. The number of benzene rings is 8. The van der Waals surface area contributed by atoms with Gasteiger partial charge in [-0.2, -0.15) is 0 Å². The molecule has 1 aliphatic heterocycles. The van der Waals surface area contributed by atoms with Crippen molar-refractivity contribution in [2.75, 3.05) is 0 Å². The number of fused-ring (bicyclic) bond motifs is 6. The summed E-state index contributed by atoms with van der Waals surface area (Å²) in [7, 11) is 0. The van der Waals surface area contributed by atoms with Gasteiger partial charge >= 0.3 is 0 Å². The molecule has 3 heterocycles. The van der Waals surface area contributed by atoms with Gasteiger partial charge in [0.1, 0.15) is 23.2 Å². The van der Waals surface area contributed by atoms with Crippen molar-refractivity contribution in [1.82, 2.24) is 9.88 Å². The highest BCUT2D eigenvalue weighted by molar-refractivity contribution is 6.17. The summed E-state index contributed by atoms with van der Waals surface area (Å²) in [6.07, 6.45) is -0.346. The lowest BCUT2D eigenvalue weighted by Gasteiger charge is -2.23. The molecule has 0 fully saturated rings. The number of para-hydroxylation sites is 1. The minimum absolute atomic E-state index is 0.346. The fraction of sp³-hybridized carbons (Fsp3) is 0.0196. The molecule has 1 N–H and O–H groups in total.